The Bertz CT molecular complexity index is 1290. The lowest BCUT2D eigenvalue weighted by molar-refractivity contribution is -0.113. The predicted octanol–water partition coefficient (Wildman–Crippen LogP) is 4.55. The van der Waals surface area contributed by atoms with Gasteiger partial charge in [-0.1, -0.05) is 30.0 Å². The lowest BCUT2D eigenvalue weighted by atomic mass is 10.1. The van der Waals surface area contributed by atoms with Crippen LogP contribution in [-0.2, 0) is 11.3 Å². The Morgan fingerprint density at radius 2 is 1.91 bits per heavy atom. The summed E-state index contributed by atoms with van der Waals surface area (Å²) in [5.41, 5.74) is 1.36. The first-order chi connectivity index (χ1) is 16.6. The number of nitrogens with one attached hydrogen (secondary N) is 2. The summed E-state index contributed by atoms with van der Waals surface area (Å²) in [4.78, 5) is 25.5. The van der Waals surface area contributed by atoms with E-state index in [1.54, 1.807) is 68.0 Å². The summed E-state index contributed by atoms with van der Waals surface area (Å²) in [7, 11) is 1.56. The third-order valence-corrected chi connectivity index (χ3v) is 5.85. The minimum Gasteiger partial charge on any atom is -0.497 e. The van der Waals surface area contributed by atoms with E-state index >= 15 is 0 Å². The molecule has 2 N–H and O–H groups in total. The predicted molar refractivity (Wildman–Crippen MR) is 130 cm³/mol. The topological polar surface area (TPSA) is 111 Å². The molecular weight excluding hydrogens is 454 g/mol. The number of thioether (sulfide) groups is 1. The van der Waals surface area contributed by atoms with Crippen molar-refractivity contribution < 1.29 is 18.7 Å². The maximum absolute atomic E-state index is 12.9. The number of hydrogen-bond donors (Lipinski definition) is 2. The average molecular weight is 478 g/mol. The number of carbonyl (C=O) groups is 2. The smallest absolute Gasteiger partial charge is 0.257 e. The van der Waals surface area contributed by atoms with Gasteiger partial charge in [0.1, 0.15) is 5.75 Å². The van der Waals surface area contributed by atoms with Gasteiger partial charge in [-0.15, -0.1) is 10.2 Å². The zero-order valence-corrected chi connectivity index (χ0v) is 19.5. The number of aromatic nitrogens is 3. The van der Waals surface area contributed by atoms with Crippen molar-refractivity contribution in [3.8, 4) is 17.3 Å². The van der Waals surface area contributed by atoms with Crippen molar-refractivity contribution in [2.75, 3.05) is 23.5 Å². The molecule has 2 heterocycles. The Morgan fingerprint density at radius 3 is 2.68 bits per heavy atom. The second-order valence-electron chi connectivity index (χ2n) is 7.10. The molecule has 0 bridgehead atoms. The van der Waals surface area contributed by atoms with E-state index in [-0.39, 0.29) is 17.6 Å². The summed E-state index contributed by atoms with van der Waals surface area (Å²) in [6.07, 6.45) is 1.58. The van der Waals surface area contributed by atoms with Crippen LogP contribution in [0.3, 0.4) is 0 Å². The van der Waals surface area contributed by atoms with Gasteiger partial charge in [-0.05, 0) is 43.3 Å². The first-order valence-electron chi connectivity index (χ1n) is 10.5. The standard InChI is InChI=1S/C24H23N5O4S/c1-3-29-22(20-12-7-13-33-20)27-28-24(29)34-15-21(30)26-19-11-5-4-10-18(19)23(31)25-16-8-6-9-17(14-16)32-2/h4-14H,3,15H2,1-2H3,(H,25,31)(H,26,30). The van der Waals surface area contributed by atoms with Crippen LogP contribution in [0.15, 0.2) is 76.5 Å². The maximum Gasteiger partial charge on any atom is 0.257 e. The summed E-state index contributed by atoms with van der Waals surface area (Å²) >= 11 is 1.26. The summed E-state index contributed by atoms with van der Waals surface area (Å²) in [5.74, 6) is 1.34. The van der Waals surface area contributed by atoms with Crippen LogP contribution in [0.2, 0.25) is 0 Å². The Hall–Kier alpha value is -4.05. The van der Waals surface area contributed by atoms with Crippen molar-refractivity contribution in [1.82, 2.24) is 14.8 Å². The van der Waals surface area contributed by atoms with E-state index in [0.29, 0.717) is 46.0 Å². The van der Waals surface area contributed by atoms with Gasteiger partial charge in [0.25, 0.3) is 5.91 Å². The number of anilines is 2. The minimum atomic E-state index is -0.342. The second-order valence-corrected chi connectivity index (χ2v) is 8.04. The Kier molecular flexibility index (Phi) is 7.28. The molecule has 4 aromatic rings. The van der Waals surface area contributed by atoms with E-state index in [1.165, 1.54) is 11.8 Å². The molecule has 10 heteroatoms. The molecule has 9 nitrogen and oxygen atoms in total. The van der Waals surface area contributed by atoms with Crippen LogP contribution >= 0.6 is 11.8 Å². The van der Waals surface area contributed by atoms with E-state index in [0.717, 1.165) is 0 Å². The molecule has 34 heavy (non-hydrogen) atoms. The van der Waals surface area contributed by atoms with Gasteiger partial charge in [0.15, 0.2) is 16.7 Å². The summed E-state index contributed by atoms with van der Waals surface area (Å²) < 4.78 is 12.5. The van der Waals surface area contributed by atoms with E-state index in [9.17, 15) is 9.59 Å². The van der Waals surface area contributed by atoms with Crippen molar-refractivity contribution in [2.45, 2.75) is 18.6 Å². The van der Waals surface area contributed by atoms with Gasteiger partial charge in [-0.3, -0.25) is 14.2 Å². The maximum atomic E-state index is 12.9. The fraction of sp³-hybridized carbons (Fsp3) is 0.167. The van der Waals surface area contributed by atoms with Gasteiger partial charge < -0.3 is 19.8 Å². The molecule has 0 atom stereocenters. The van der Waals surface area contributed by atoms with Crippen LogP contribution in [0, 0.1) is 0 Å². The highest BCUT2D eigenvalue weighted by molar-refractivity contribution is 7.99. The summed E-state index contributed by atoms with van der Waals surface area (Å²) in [6.45, 7) is 2.59. The van der Waals surface area contributed by atoms with Crippen LogP contribution in [-0.4, -0.2) is 39.4 Å². The molecule has 0 unspecified atom stereocenters. The molecule has 2 aromatic heterocycles. The molecule has 0 aliphatic carbocycles. The van der Waals surface area contributed by atoms with Gasteiger partial charge >= 0.3 is 0 Å². The second kappa shape index (κ2) is 10.7. The molecule has 0 saturated heterocycles. The number of furan rings is 1. The first kappa shape index (κ1) is 23.1. The number of benzene rings is 2. The van der Waals surface area contributed by atoms with E-state index < -0.39 is 0 Å². The zero-order chi connectivity index (χ0) is 23.9. The Balaban J connectivity index is 1.42. The van der Waals surface area contributed by atoms with Gasteiger partial charge in [0.05, 0.1) is 30.4 Å². The number of hydrogen-bond acceptors (Lipinski definition) is 7. The zero-order valence-electron chi connectivity index (χ0n) is 18.6. The third-order valence-electron chi connectivity index (χ3n) is 4.88. The number of rotatable bonds is 9. The van der Waals surface area contributed by atoms with Gasteiger partial charge in [0, 0.05) is 18.3 Å². The molecule has 0 saturated carbocycles. The van der Waals surface area contributed by atoms with Crippen LogP contribution in [0.5, 0.6) is 5.75 Å². The fourth-order valence-corrected chi connectivity index (χ4v) is 4.08. The number of para-hydroxylation sites is 1. The van der Waals surface area contributed by atoms with E-state index in [1.807, 2.05) is 17.6 Å². The Morgan fingerprint density at radius 1 is 1.06 bits per heavy atom. The highest BCUT2D eigenvalue weighted by Gasteiger charge is 2.18. The van der Waals surface area contributed by atoms with Gasteiger partial charge in [0.2, 0.25) is 5.91 Å². The van der Waals surface area contributed by atoms with Crippen LogP contribution in [0.4, 0.5) is 11.4 Å². The Labute approximate surface area is 200 Å². The van der Waals surface area contributed by atoms with Crippen LogP contribution < -0.4 is 15.4 Å². The lowest BCUT2D eigenvalue weighted by Gasteiger charge is -2.12. The number of nitrogens with zero attached hydrogens (tertiary/aromatic N) is 3. The minimum absolute atomic E-state index is 0.0993. The highest BCUT2D eigenvalue weighted by Crippen LogP contribution is 2.25. The quantitative estimate of drug-likeness (QED) is 0.340. The molecule has 2 aromatic carbocycles. The normalized spacial score (nSPS) is 10.6. The number of methoxy groups -OCH3 is 1. The van der Waals surface area contributed by atoms with Crippen molar-refractivity contribution in [1.29, 1.82) is 0 Å². The lowest BCUT2D eigenvalue weighted by Crippen LogP contribution is -2.19. The largest absolute Gasteiger partial charge is 0.497 e. The molecule has 0 fully saturated rings. The van der Waals surface area contributed by atoms with Gasteiger partial charge in [-0.25, -0.2) is 0 Å². The molecule has 2 amide bonds. The molecule has 174 valence electrons. The number of amides is 2. The average Bonchev–Trinajstić information content (AvgIpc) is 3.52. The monoisotopic (exact) mass is 477 g/mol. The molecule has 0 radical (unpaired) electrons. The highest BCUT2D eigenvalue weighted by atomic mass is 32.2. The van der Waals surface area contributed by atoms with Crippen molar-refractivity contribution in [3.05, 3.63) is 72.5 Å². The summed E-state index contributed by atoms with van der Waals surface area (Å²) in [5, 5.41) is 14.6. The van der Waals surface area contributed by atoms with E-state index in [4.69, 9.17) is 9.15 Å². The molecule has 0 aliphatic heterocycles. The van der Waals surface area contributed by atoms with Crippen molar-refractivity contribution in [2.24, 2.45) is 0 Å². The van der Waals surface area contributed by atoms with Crippen LogP contribution in [0.25, 0.3) is 11.6 Å². The SMILES string of the molecule is CCn1c(SCC(=O)Nc2ccccc2C(=O)Nc2cccc(OC)c2)nnc1-c1ccco1. The number of ether oxygens (including phenoxy) is 1. The molecule has 4 rings (SSSR count). The van der Waals surface area contributed by atoms with E-state index in [2.05, 4.69) is 20.8 Å². The number of carbonyl (C=O) groups excluding carboxylic acids is 2. The third kappa shape index (κ3) is 5.29. The van der Waals surface area contributed by atoms with Gasteiger partial charge in [-0.2, -0.15) is 0 Å². The molecular formula is C24H23N5O4S. The van der Waals surface area contributed by atoms with Crippen molar-refractivity contribution in [3.63, 3.8) is 0 Å². The summed E-state index contributed by atoms with van der Waals surface area (Å²) in [6, 6.07) is 17.5. The van der Waals surface area contributed by atoms with Crippen LogP contribution in [0.1, 0.15) is 17.3 Å². The first-order valence-corrected chi connectivity index (χ1v) is 11.5. The molecule has 0 spiro atoms. The fourth-order valence-electron chi connectivity index (χ4n) is 3.27. The molecule has 0 aliphatic rings. The van der Waals surface area contributed by atoms with Crippen molar-refractivity contribution >= 4 is 35.0 Å².